The Labute approximate surface area is 110 Å². The quantitative estimate of drug-likeness (QED) is 0.757. The van der Waals surface area contributed by atoms with Crippen LogP contribution < -0.4 is 4.72 Å². The van der Waals surface area contributed by atoms with Gasteiger partial charge in [0, 0.05) is 25.0 Å². The predicted octanol–water partition coefficient (Wildman–Crippen LogP) is 1.96. The van der Waals surface area contributed by atoms with E-state index in [1.165, 1.54) is 0 Å². The van der Waals surface area contributed by atoms with Crippen LogP contribution in [0.15, 0.2) is 0 Å². The van der Waals surface area contributed by atoms with Gasteiger partial charge in [0.15, 0.2) is 0 Å². The van der Waals surface area contributed by atoms with Crippen LogP contribution in [0, 0.1) is 5.92 Å². The molecule has 1 heterocycles. The minimum Gasteiger partial charge on any atom is -0.199 e. The highest BCUT2D eigenvalue weighted by molar-refractivity contribution is 7.87. The summed E-state index contributed by atoms with van der Waals surface area (Å²) in [7, 11) is -3.33. The van der Waals surface area contributed by atoms with E-state index in [-0.39, 0.29) is 12.0 Å². The Balaban J connectivity index is 2.62. The van der Waals surface area contributed by atoms with Crippen LogP contribution in [0.5, 0.6) is 0 Å². The summed E-state index contributed by atoms with van der Waals surface area (Å²) in [5.74, 6) is 0.735. The third-order valence-corrected chi connectivity index (χ3v) is 5.04. The van der Waals surface area contributed by atoms with Crippen molar-refractivity contribution in [3.8, 4) is 0 Å². The maximum atomic E-state index is 12.1. The number of nitrogens with zero attached hydrogens (tertiary/aromatic N) is 1. The Bertz CT molecular complexity index is 313. The molecule has 1 N–H and O–H groups in total. The molecule has 0 aromatic carbocycles. The van der Waals surface area contributed by atoms with Gasteiger partial charge < -0.3 is 0 Å². The molecule has 0 radical (unpaired) electrons. The molecule has 1 rings (SSSR count). The van der Waals surface area contributed by atoms with Gasteiger partial charge in [0.25, 0.3) is 10.2 Å². The third-order valence-electron chi connectivity index (χ3n) is 3.18. The predicted molar refractivity (Wildman–Crippen MR) is 71.4 cm³/mol. The van der Waals surface area contributed by atoms with Gasteiger partial charge in [-0.15, -0.1) is 11.6 Å². The summed E-state index contributed by atoms with van der Waals surface area (Å²) >= 11 is 5.71. The smallest absolute Gasteiger partial charge is 0.199 e. The van der Waals surface area contributed by atoms with Crippen molar-refractivity contribution < 1.29 is 8.42 Å². The van der Waals surface area contributed by atoms with Crippen molar-refractivity contribution in [1.82, 2.24) is 9.03 Å². The van der Waals surface area contributed by atoms with Gasteiger partial charge in [-0.25, -0.2) is 0 Å². The summed E-state index contributed by atoms with van der Waals surface area (Å²) in [6, 6.07) is -0.0700. The molecule has 0 saturated carbocycles. The highest BCUT2D eigenvalue weighted by Gasteiger charge is 2.27. The van der Waals surface area contributed by atoms with E-state index in [2.05, 4.69) is 4.72 Å². The molecule has 1 aliphatic rings. The fourth-order valence-electron chi connectivity index (χ4n) is 2.02. The maximum Gasteiger partial charge on any atom is 0.279 e. The van der Waals surface area contributed by atoms with Gasteiger partial charge in [0.05, 0.1) is 0 Å². The zero-order valence-electron chi connectivity index (χ0n) is 10.7. The van der Waals surface area contributed by atoms with Crippen LogP contribution in [-0.4, -0.2) is 37.7 Å². The molecule has 0 amide bonds. The largest absolute Gasteiger partial charge is 0.279 e. The Morgan fingerprint density at radius 2 is 1.82 bits per heavy atom. The van der Waals surface area contributed by atoms with Gasteiger partial charge in [-0.1, -0.05) is 20.3 Å². The second-order valence-electron chi connectivity index (χ2n) is 4.91. The zero-order valence-corrected chi connectivity index (χ0v) is 12.2. The molecule has 0 aliphatic carbocycles. The number of alkyl halides is 1. The van der Waals surface area contributed by atoms with E-state index in [0.717, 1.165) is 19.3 Å². The Morgan fingerprint density at radius 1 is 1.24 bits per heavy atom. The second-order valence-corrected chi connectivity index (χ2v) is 6.99. The van der Waals surface area contributed by atoms with Crippen LogP contribution in [0.2, 0.25) is 0 Å². The van der Waals surface area contributed by atoms with Crippen molar-refractivity contribution in [3.05, 3.63) is 0 Å². The molecule has 17 heavy (non-hydrogen) atoms. The number of hydrogen-bond acceptors (Lipinski definition) is 2. The lowest BCUT2D eigenvalue weighted by Gasteiger charge is -2.29. The summed E-state index contributed by atoms with van der Waals surface area (Å²) in [5.41, 5.74) is 0. The number of piperidine rings is 1. The van der Waals surface area contributed by atoms with E-state index in [1.54, 1.807) is 4.31 Å². The van der Waals surface area contributed by atoms with Crippen molar-refractivity contribution in [2.45, 2.75) is 45.6 Å². The molecule has 4 nitrogen and oxygen atoms in total. The molecule has 0 aromatic rings. The van der Waals surface area contributed by atoms with Crippen LogP contribution >= 0.6 is 11.6 Å². The summed E-state index contributed by atoms with van der Waals surface area (Å²) in [6.45, 7) is 5.30. The average Bonchev–Trinajstić information content (AvgIpc) is 2.29. The number of nitrogens with one attached hydrogen (secondary N) is 1. The minimum atomic E-state index is -3.33. The Hall–Kier alpha value is 0.160. The van der Waals surface area contributed by atoms with Crippen LogP contribution in [0.25, 0.3) is 0 Å². The average molecular weight is 283 g/mol. The SMILES string of the molecule is CC(C)C(CCCl)NS(=O)(=O)N1CCCCC1. The van der Waals surface area contributed by atoms with E-state index < -0.39 is 10.2 Å². The Morgan fingerprint density at radius 3 is 2.29 bits per heavy atom. The molecule has 1 aliphatic heterocycles. The second kappa shape index (κ2) is 6.92. The summed E-state index contributed by atoms with van der Waals surface area (Å²) < 4.78 is 28.6. The van der Waals surface area contributed by atoms with Crippen molar-refractivity contribution in [3.63, 3.8) is 0 Å². The summed E-state index contributed by atoms with van der Waals surface area (Å²) in [6.07, 6.45) is 3.72. The van der Waals surface area contributed by atoms with E-state index in [0.29, 0.717) is 25.4 Å². The van der Waals surface area contributed by atoms with E-state index in [1.807, 2.05) is 13.8 Å². The molecule has 1 unspecified atom stereocenters. The summed E-state index contributed by atoms with van der Waals surface area (Å²) in [4.78, 5) is 0. The highest BCUT2D eigenvalue weighted by atomic mass is 35.5. The first-order valence-corrected chi connectivity index (χ1v) is 8.28. The first-order chi connectivity index (χ1) is 7.97. The van der Waals surface area contributed by atoms with Crippen LogP contribution in [0.1, 0.15) is 39.5 Å². The molecule has 0 bridgehead atoms. The van der Waals surface area contributed by atoms with Crippen LogP contribution in [0.4, 0.5) is 0 Å². The van der Waals surface area contributed by atoms with E-state index >= 15 is 0 Å². The standard InChI is InChI=1S/C11H23ClN2O2S/c1-10(2)11(6-7-12)13-17(15,16)14-8-4-3-5-9-14/h10-11,13H,3-9H2,1-2H3. The molecule has 6 heteroatoms. The number of rotatable bonds is 6. The van der Waals surface area contributed by atoms with Crippen molar-refractivity contribution in [2.75, 3.05) is 19.0 Å². The van der Waals surface area contributed by atoms with Gasteiger partial charge in [-0.3, -0.25) is 0 Å². The molecular formula is C11H23ClN2O2S. The Kier molecular flexibility index (Phi) is 6.20. The number of hydrogen-bond donors (Lipinski definition) is 1. The molecule has 1 atom stereocenters. The summed E-state index contributed by atoms with van der Waals surface area (Å²) in [5, 5.41) is 0. The van der Waals surface area contributed by atoms with Crippen LogP contribution in [-0.2, 0) is 10.2 Å². The normalized spacial score (nSPS) is 20.7. The number of halogens is 1. The van der Waals surface area contributed by atoms with E-state index in [4.69, 9.17) is 11.6 Å². The molecule has 1 fully saturated rings. The first-order valence-electron chi connectivity index (χ1n) is 6.30. The molecule has 1 saturated heterocycles. The lowest BCUT2D eigenvalue weighted by molar-refractivity contribution is 0.331. The van der Waals surface area contributed by atoms with Gasteiger partial charge in [0.2, 0.25) is 0 Å². The van der Waals surface area contributed by atoms with Gasteiger partial charge in [-0.2, -0.15) is 17.4 Å². The third kappa shape index (κ3) is 4.73. The van der Waals surface area contributed by atoms with Crippen molar-refractivity contribution in [1.29, 1.82) is 0 Å². The van der Waals surface area contributed by atoms with Crippen molar-refractivity contribution >= 4 is 21.8 Å². The van der Waals surface area contributed by atoms with Gasteiger partial charge in [-0.05, 0) is 25.2 Å². The highest BCUT2D eigenvalue weighted by Crippen LogP contribution is 2.15. The van der Waals surface area contributed by atoms with Crippen LogP contribution in [0.3, 0.4) is 0 Å². The lowest BCUT2D eigenvalue weighted by Crippen LogP contribution is -2.48. The first kappa shape index (κ1) is 15.2. The minimum absolute atomic E-state index is 0.0700. The zero-order chi connectivity index (χ0) is 12.9. The van der Waals surface area contributed by atoms with Crippen molar-refractivity contribution in [2.24, 2.45) is 5.92 Å². The molecule has 0 spiro atoms. The molecule has 102 valence electrons. The fraction of sp³-hybridized carbons (Fsp3) is 1.00. The fourth-order valence-corrected chi connectivity index (χ4v) is 3.91. The molecule has 0 aromatic heterocycles. The van der Waals surface area contributed by atoms with Gasteiger partial charge >= 0.3 is 0 Å². The monoisotopic (exact) mass is 282 g/mol. The molecular weight excluding hydrogens is 260 g/mol. The maximum absolute atomic E-state index is 12.1. The topological polar surface area (TPSA) is 49.4 Å². The van der Waals surface area contributed by atoms with Gasteiger partial charge in [0.1, 0.15) is 0 Å². The van der Waals surface area contributed by atoms with E-state index in [9.17, 15) is 8.42 Å². The lowest BCUT2D eigenvalue weighted by atomic mass is 10.0.